The molecule has 17 heavy (non-hydrogen) atoms. The quantitative estimate of drug-likeness (QED) is 0.800. The first-order valence-corrected chi connectivity index (χ1v) is 5.99. The van der Waals surface area contributed by atoms with Crippen molar-refractivity contribution in [3.05, 3.63) is 24.2 Å². The second-order valence-corrected chi connectivity index (χ2v) is 4.54. The SMILES string of the molecule is CC1CN(C(=O)CCc2ccco2)CCC1=O. The third kappa shape index (κ3) is 2.96. The molecule has 1 aliphatic heterocycles. The highest BCUT2D eigenvalue weighted by atomic mass is 16.3. The number of nitrogens with zero attached hydrogens (tertiary/aromatic N) is 1. The molecule has 1 amide bonds. The largest absolute Gasteiger partial charge is 0.469 e. The highest BCUT2D eigenvalue weighted by Gasteiger charge is 2.26. The van der Waals surface area contributed by atoms with Crippen LogP contribution in [0.5, 0.6) is 0 Å². The zero-order chi connectivity index (χ0) is 12.3. The minimum Gasteiger partial charge on any atom is -0.469 e. The monoisotopic (exact) mass is 235 g/mol. The molecule has 92 valence electrons. The van der Waals surface area contributed by atoms with E-state index in [-0.39, 0.29) is 17.6 Å². The van der Waals surface area contributed by atoms with Crippen LogP contribution < -0.4 is 0 Å². The summed E-state index contributed by atoms with van der Waals surface area (Å²) >= 11 is 0. The third-order valence-electron chi connectivity index (χ3n) is 3.19. The number of hydrogen-bond acceptors (Lipinski definition) is 3. The average molecular weight is 235 g/mol. The van der Waals surface area contributed by atoms with Crippen LogP contribution in [0.25, 0.3) is 0 Å². The van der Waals surface area contributed by atoms with Crippen LogP contribution in [0.3, 0.4) is 0 Å². The number of ketones is 1. The number of rotatable bonds is 3. The number of likely N-dealkylation sites (tertiary alicyclic amines) is 1. The van der Waals surface area contributed by atoms with Gasteiger partial charge in [0, 0.05) is 38.3 Å². The van der Waals surface area contributed by atoms with Gasteiger partial charge in [-0.15, -0.1) is 0 Å². The lowest BCUT2D eigenvalue weighted by Gasteiger charge is -2.30. The molecule has 4 nitrogen and oxygen atoms in total. The van der Waals surface area contributed by atoms with E-state index >= 15 is 0 Å². The van der Waals surface area contributed by atoms with Gasteiger partial charge in [0.1, 0.15) is 11.5 Å². The number of Topliss-reactive ketones (excluding diaryl/α,β-unsaturated/α-hetero) is 1. The van der Waals surface area contributed by atoms with Crippen LogP contribution >= 0.6 is 0 Å². The van der Waals surface area contributed by atoms with Crippen molar-refractivity contribution in [1.29, 1.82) is 0 Å². The number of aryl methyl sites for hydroxylation is 1. The summed E-state index contributed by atoms with van der Waals surface area (Å²) in [4.78, 5) is 25.1. The lowest BCUT2D eigenvalue weighted by atomic mass is 9.98. The van der Waals surface area contributed by atoms with Crippen LogP contribution in [0.2, 0.25) is 0 Å². The summed E-state index contributed by atoms with van der Waals surface area (Å²) in [6, 6.07) is 3.69. The van der Waals surface area contributed by atoms with Crippen LogP contribution in [-0.2, 0) is 16.0 Å². The van der Waals surface area contributed by atoms with Gasteiger partial charge in [-0.1, -0.05) is 6.92 Å². The van der Waals surface area contributed by atoms with Gasteiger partial charge in [0.25, 0.3) is 0 Å². The third-order valence-corrected chi connectivity index (χ3v) is 3.19. The van der Waals surface area contributed by atoms with Gasteiger partial charge >= 0.3 is 0 Å². The molecule has 0 aliphatic carbocycles. The van der Waals surface area contributed by atoms with E-state index in [1.54, 1.807) is 11.2 Å². The number of hydrogen-bond donors (Lipinski definition) is 0. The number of amides is 1. The van der Waals surface area contributed by atoms with Gasteiger partial charge in [-0.05, 0) is 12.1 Å². The highest BCUT2D eigenvalue weighted by Crippen LogP contribution is 2.14. The maximum absolute atomic E-state index is 11.9. The van der Waals surface area contributed by atoms with Crippen molar-refractivity contribution in [1.82, 2.24) is 4.90 Å². The van der Waals surface area contributed by atoms with E-state index in [4.69, 9.17) is 4.42 Å². The van der Waals surface area contributed by atoms with E-state index in [2.05, 4.69) is 0 Å². The molecule has 0 bridgehead atoms. The Kier molecular flexibility index (Phi) is 3.61. The van der Waals surface area contributed by atoms with Crippen molar-refractivity contribution in [2.45, 2.75) is 26.2 Å². The second-order valence-electron chi connectivity index (χ2n) is 4.54. The molecule has 1 saturated heterocycles. The molecular weight excluding hydrogens is 218 g/mol. The van der Waals surface area contributed by atoms with Crippen molar-refractivity contribution in [3.63, 3.8) is 0 Å². The molecule has 0 saturated carbocycles. The van der Waals surface area contributed by atoms with E-state index in [9.17, 15) is 9.59 Å². The number of piperidine rings is 1. The van der Waals surface area contributed by atoms with Crippen LogP contribution in [-0.4, -0.2) is 29.7 Å². The Morgan fingerprint density at radius 2 is 2.41 bits per heavy atom. The molecule has 4 heteroatoms. The fourth-order valence-electron chi connectivity index (χ4n) is 2.08. The molecule has 1 aliphatic rings. The van der Waals surface area contributed by atoms with Gasteiger partial charge in [0.15, 0.2) is 0 Å². The predicted octanol–water partition coefficient (Wildman–Crippen LogP) is 1.65. The topological polar surface area (TPSA) is 50.5 Å². The van der Waals surface area contributed by atoms with Crippen molar-refractivity contribution in [2.24, 2.45) is 5.92 Å². The van der Waals surface area contributed by atoms with E-state index in [0.29, 0.717) is 32.4 Å². The number of furan rings is 1. The predicted molar refractivity (Wildman–Crippen MR) is 62.4 cm³/mol. The first-order valence-electron chi connectivity index (χ1n) is 5.99. The van der Waals surface area contributed by atoms with Crippen molar-refractivity contribution in [3.8, 4) is 0 Å². The van der Waals surface area contributed by atoms with Crippen molar-refractivity contribution < 1.29 is 14.0 Å². The van der Waals surface area contributed by atoms with E-state index in [0.717, 1.165) is 5.76 Å². The molecule has 2 heterocycles. The highest BCUT2D eigenvalue weighted by molar-refractivity contribution is 5.85. The van der Waals surface area contributed by atoms with Crippen LogP contribution in [0.4, 0.5) is 0 Å². The summed E-state index contributed by atoms with van der Waals surface area (Å²) in [6.07, 6.45) is 3.19. The second kappa shape index (κ2) is 5.17. The summed E-state index contributed by atoms with van der Waals surface area (Å²) in [6.45, 7) is 3.02. The Morgan fingerprint density at radius 3 is 3.06 bits per heavy atom. The molecule has 2 rings (SSSR count). The summed E-state index contributed by atoms with van der Waals surface area (Å²) in [5.41, 5.74) is 0. The minimum atomic E-state index is -0.0173. The van der Waals surface area contributed by atoms with Gasteiger partial charge < -0.3 is 9.32 Å². The van der Waals surface area contributed by atoms with E-state index < -0.39 is 0 Å². The minimum absolute atomic E-state index is 0.0173. The maximum Gasteiger partial charge on any atom is 0.223 e. The molecular formula is C13H17NO3. The van der Waals surface area contributed by atoms with E-state index in [1.807, 2.05) is 19.1 Å². The first kappa shape index (κ1) is 11.9. The lowest BCUT2D eigenvalue weighted by Crippen LogP contribution is -2.43. The van der Waals surface area contributed by atoms with E-state index in [1.165, 1.54) is 0 Å². The Hall–Kier alpha value is -1.58. The van der Waals surface area contributed by atoms with Crippen molar-refractivity contribution >= 4 is 11.7 Å². The molecule has 0 N–H and O–H groups in total. The van der Waals surface area contributed by atoms with Gasteiger partial charge in [0.2, 0.25) is 5.91 Å². The molecule has 0 spiro atoms. The van der Waals surface area contributed by atoms with Crippen molar-refractivity contribution in [2.75, 3.05) is 13.1 Å². The fourth-order valence-corrected chi connectivity index (χ4v) is 2.08. The standard InChI is InChI=1S/C13H17NO3/c1-10-9-14(7-6-12(10)15)13(16)5-4-11-3-2-8-17-11/h2-3,8,10H,4-7,9H2,1H3. The Bertz CT molecular complexity index is 397. The summed E-state index contributed by atoms with van der Waals surface area (Å²) in [7, 11) is 0. The Morgan fingerprint density at radius 1 is 1.59 bits per heavy atom. The fraction of sp³-hybridized carbons (Fsp3) is 0.538. The Labute approximate surface area is 101 Å². The van der Waals surface area contributed by atoms with Gasteiger partial charge in [0.05, 0.1) is 6.26 Å². The average Bonchev–Trinajstić information content (AvgIpc) is 2.82. The van der Waals surface area contributed by atoms with Gasteiger partial charge in [-0.25, -0.2) is 0 Å². The number of carbonyl (C=O) groups excluding carboxylic acids is 2. The maximum atomic E-state index is 11.9. The van der Waals surface area contributed by atoms with Crippen LogP contribution in [0, 0.1) is 5.92 Å². The summed E-state index contributed by atoms with van der Waals surface area (Å²) in [5, 5.41) is 0. The molecule has 1 unspecified atom stereocenters. The summed E-state index contributed by atoms with van der Waals surface area (Å²) < 4.78 is 5.18. The van der Waals surface area contributed by atoms with Gasteiger partial charge in [-0.3, -0.25) is 9.59 Å². The smallest absolute Gasteiger partial charge is 0.223 e. The Balaban J connectivity index is 1.82. The molecule has 0 aromatic carbocycles. The molecule has 1 aromatic rings. The molecule has 0 radical (unpaired) electrons. The van der Waals surface area contributed by atoms with Crippen LogP contribution in [0.1, 0.15) is 25.5 Å². The van der Waals surface area contributed by atoms with Crippen LogP contribution in [0.15, 0.2) is 22.8 Å². The van der Waals surface area contributed by atoms with Gasteiger partial charge in [-0.2, -0.15) is 0 Å². The molecule has 1 fully saturated rings. The zero-order valence-electron chi connectivity index (χ0n) is 10.0. The molecule has 1 aromatic heterocycles. The molecule has 1 atom stereocenters. The zero-order valence-corrected chi connectivity index (χ0v) is 10.0. The number of carbonyl (C=O) groups is 2. The normalized spacial score (nSPS) is 20.6. The summed E-state index contributed by atoms with van der Waals surface area (Å²) in [5.74, 6) is 1.19. The lowest BCUT2D eigenvalue weighted by molar-refractivity contribution is -0.136. The first-order chi connectivity index (χ1) is 8.16.